The highest BCUT2D eigenvalue weighted by molar-refractivity contribution is 5.85. The van der Waals surface area contributed by atoms with Crippen molar-refractivity contribution >= 4 is 17.7 Å². The Morgan fingerprint density at radius 3 is 2.30 bits per heavy atom. The number of hydrogen-bond donors (Lipinski definition) is 1. The van der Waals surface area contributed by atoms with Gasteiger partial charge in [-0.15, -0.1) is 6.58 Å². The molecule has 3 rings (SSSR count). The number of carbonyl (C=O) groups excluding carboxylic acids is 3. The fourth-order valence-electron chi connectivity index (χ4n) is 6.47. The van der Waals surface area contributed by atoms with Crippen LogP contribution in [0.5, 0.6) is 0 Å². The van der Waals surface area contributed by atoms with Gasteiger partial charge in [-0.25, -0.2) is 0 Å². The molecule has 0 spiro atoms. The second-order valence-corrected chi connectivity index (χ2v) is 10.3. The summed E-state index contributed by atoms with van der Waals surface area (Å²) in [4.78, 5) is 37.3. The Morgan fingerprint density at radius 2 is 1.77 bits per heavy atom. The zero-order chi connectivity index (χ0) is 22.6. The van der Waals surface area contributed by atoms with Crippen molar-refractivity contribution in [2.45, 2.75) is 90.8 Å². The van der Waals surface area contributed by atoms with E-state index in [1.807, 2.05) is 20.8 Å². The van der Waals surface area contributed by atoms with Crippen molar-refractivity contribution in [2.75, 3.05) is 0 Å². The van der Waals surface area contributed by atoms with E-state index in [0.29, 0.717) is 12.8 Å². The van der Waals surface area contributed by atoms with Gasteiger partial charge in [-0.05, 0) is 25.2 Å². The van der Waals surface area contributed by atoms with E-state index in [1.165, 1.54) is 13.8 Å². The molecule has 7 heteroatoms. The molecule has 168 valence electrons. The average molecular weight is 423 g/mol. The third kappa shape index (κ3) is 3.50. The molecule has 3 aliphatic rings. The molecule has 1 saturated heterocycles. The molecule has 2 aliphatic carbocycles. The predicted molar refractivity (Wildman–Crippen MR) is 108 cm³/mol. The maximum Gasteiger partial charge on any atom is 0.303 e. The number of Topliss-reactive ketones (excluding diaryl/α,β-unsaturated/α-hetero) is 1. The van der Waals surface area contributed by atoms with Gasteiger partial charge in [-0.3, -0.25) is 14.4 Å². The molecule has 7 nitrogen and oxygen atoms in total. The maximum absolute atomic E-state index is 13.6. The molecule has 30 heavy (non-hydrogen) atoms. The molecule has 0 bridgehead atoms. The van der Waals surface area contributed by atoms with Crippen LogP contribution in [-0.4, -0.2) is 52.8 Å². The van der Waals surface area contributed by atoms with Crippen molar-refractivity contribution < 1.29 is 33.7 Å². The van der Waals surface area contributed by atoms with Gasteiger partial charge in [0.25, 0.3) is 0 Å². The number of ketones is 1. The molecule has 2 saturated carbocycles. The molecule has 4 unspecified atom stereocenters. The van der Waals surface area contributed by atoms with Crippen LogP contribution in [-0.2, 0) is 28.6 Å². The van der Waals surface area contributed by atoms with E-state index in [1.54, 1.807) is 13.0 Å². The van der Waals surface area contributed by atoms with E-state index in [4.69, 9.17) is 14.2 Å². The van der Waals surface area contributed by atoms with Crippen molar-refractivity contribution in [3.05, 3.63) is 12.7 Å². The molecule has 0 amide bonds. The minimum absolute atomic E-state index is 0.0555. The lowest BCUT2D eigenvalue weighted by Gasteiger charge is -2.65. The minimum atomic E-state index is -1.08. The van der Waals surface area contributed by atoms with Crippen LogP contribution in [0.2, 0.25) is 0 Å². The number of aliphatic hydroxyl groups excluding tert-OH is 1. The first-order valence-electron chi connectivity index (χ1n) is 10.6. The minimum Gasteiger partial charge on any atom is -0.462 e. The van der Waals surface area contributed by atoms with Gasteiger partial charge < -0.3 is 19.3 Å². The van der Waals surface area contributed by atoms with E-state index in [9.17, 15) is 19.5 Å². The Morgan fingerprint density at radius 1 is 1.17 bits per heavy atom. The van der Waals surface area contributed by atoms with E-state index < -0.39 is 59.2 Å². The molecule has 1 aliphatic heterocycles. The summed E-state index contributed by atoms with van der Waals surface area (Å²) in [6, 6.07) is 0. The Balaban J connectivity index is 2.19. The van der Waals surface area contributed by atoms with E-state index in [2.05, 4.69) is 6.58 Å². The quantitative estimate of drug-likeness (QED) is 0.551. The third-order valence-corrected chi connectivity index (χ3v) is 7.58. The first-order chi connectivity index (χ1) is 13.8. The van der Waals surface area contributed by atoms with E-state index >= 15 is 0 Å². The number of fused-ring (bicyclic) bond motifs is 3. The van der Waals surface area contributed by atoms with Crippen molar-refractivity contribution in [2.24, 2.45) is 22.7 Å². The lowest BCUT2D eigenvalue weighted by atomic mass is 9.44. The monoisotopic (exact) mass is 422 g/mol. The number of ether oxygens (including phenoxy) is 3. The van der Waals surface area contributed by atoms with E-state index in [-0.39, 0.29) is 17.6 Å². The molecule has 3 fully saturated rings. The summed E-state index contributed by atoms with van der Waals surface area (Å²) in [5.41, 5.74) is -2.16. The van der Waals surface area contributed by atoms with Crippen LogP contribution in [0.25, 0.3) is 0 Å². The highest BCUT2D eigenvalue weighted by atomic mass is 16.6. The molecular weight excluding hydrogens is 388 g/mol. The van der Waals surface area contributed by atoms with Crippen molar-refractivity contribution in [1.82, 2.24) is 0 Å². The highest BCUT2D eigenvalue weighted by Gasteiger charge is 2.70. The van der Waals surface area contributed by atoms with Crippen LogP contribution in [0.3, 0.4) is 0 Å². The van der Waals surface area contributed by atoms with Crippen LogP contribution in [0.4, 0.5) is 0 Å². The summed E-state index contributed by atoms with van der Waals surface area (Å²) in [7, 11) is 0. The molecule has 0 aromatic heterocycles. The SMILES string of the molecule is C=C[C@]1(C)CC(=O)C2[C@@H](O1)C(OC(C)=O)C(O)[C@@H]1C(C)(C)CC[C@@H](OC(C)=O)C21C. The Bertz CT molecular complexity index is 759. The zero-order valence-corrected chi connectivity index (χ0v) is 18.8. The van der Waals surface area contributed by atoms with Crippen molar-refractivity contribution in [1.29, 1.82) is 0 Å². The summed E-state index contributed by atoms with van der Waals surface area (Å²) in [6.07, 6.45) is -0.503. The van der Waals surface area contributed by atoms with Crippen LogP contribution >= 0.6 is 0 Å². The van der Waals surface area contributed by atoms with Gasteiger partial charge in [0.15, 0.2) is 6.10 Å². The number of esters is 2. The number of hydrogen-bond acceptors (Lipinski definition) is 7. The first-order valence-corrected chi connectivity index (χ1v) is 10.6. The highest BCUT2D eigenvalue weighted by Crippen LogP contribution is 2.63. The first kappa shape index (κ1) is 22.9. The lowest BCUT2D eigenvalue weighted by molar-refractivity contribution is -0.288. The Labute approximate surface area is 178 Å². The summed E-state index contributed by atoms with van der Waals surface area (Å²) in [5, 5.41) is 11.5. The molecule has 0 aromatic carbocycles. The van der Waals surface area contributed by atoms with Crippen molar-refractivity contribution in [3.63, 3.8) is 0 Å². The second kappa shape index (κ2) is 7.45. The van der Waals surface area contributed by atoms with E-state index in [0.717, 1.165) is 0 Å². The Kier molecular flexibility index (Phi) is 5.70. The van der Waals surface area contributed by atoms with Gasteiger partial charge in [0.2, 0.25) is 0 Å². The molecule has 1 heterocycles. The summed E-state index contributed by atoms with van der Waals surface area (Å²) in [5.74, 6) is -2.15. The molecule has 0 radical (unpaired) electrons. The predicted octanol–water partition coefficient (Wildman–Crippen LogP) is 2.59. The van der Waals surface area contributed by atoms with Crippen LogP contribution in [0.1, 0.15) is 60.8 Å². The van der Waals surface area contributed by atoms with Crippen LogP contribution in [0.15, 0.2) is 12.7 Å². The summed E-state index contributed by atoms with van der Waals surface area (Å²) >= 11 is 0. The third-order valence-electron chi connectivity index (χ3n) is 7.58. The molecule has 1 N–H and O–H groups in total. The topological polar surface area (TPSA) is 99.1 Å². The normalized spacial score (nSPS) is 45.0. The standard InChI is InChI=1S/C23H34O7/c1-8-22(6)11-14(26)16-18(30-22)19(29-13(3)25)17(27)20-21(4,5)10-9-15(23(16,20)7)28-12(2)24/h8,15-20,27H,1,9-11H2,2-7H3/t15-,16?,17?,18-,19?,20-,22-,23?/m1/s1. The van der Waals surface area contributed by atoms with Gasteiger partial charge in [-0.2, -0.15) is 0 Å². The maximum atomic E-state index is 13.6. The van der Waals surface area contributed by atoms with Gasteiger partial charge >= 0.3 is 11.9 Å². The molecule has 0 aromatic rings. The van der Waals surface area contributed by atoms with Gasteiger partial charge in [0.05, 0.1) is 17.6 Å². The largest absolute Gasteiger partial charge is 0.462 e. The summed E-state index contributed by atoms with van der Waals surface area (Å²) < 4.78 is 17.6. The van der Waals surface area contributed by atoms with Gasteiger partial charge in [0, 0.05) is 31.6 Å². The molecular formula is C23H34O7. The fourth-order valence-corrected chi connectivity index (χ4v) is 6.47. The number of aliphatic hydroxyl groups is 1. The lowest BCUT2D eigenvalue weighted by Crippen LogP contribution is -2.73. The second-order valence-electron chi connectivity index (χ2n) is 10.3. The number of carbonyl (C=O) groups is 3. The smallest absolute Gasteiger partial charge is 0.303 e. The fraction of sp³-hybridized carbons (Fsp3) is 0.783. The zero-order valence-electron chi connectivity index (χ0n) is 18.8. The van der Waals surface area contributed by atoms with Crippen LogP contribution in [0, 0.1) is 22.7 Å². The summed E-state index contributed by atoms with van der Waals surface area (Å²) in [6.45, 7) is 14.2. The number of rotatable bonds is 3. The molecule has 8 atom stereocenters. The average Bonchev–Trinajstić information content (AvgIpc) is 2.59. The van der Waals surface area contributed by atoms with Crippen LogP contribution < -0.4 is 0 Å². The van der Waals surface area contributed by atoms with Crippen molar-refractivity contribution in [3.8, 4) is 0 Å². The van der Waals surface area contributed by atoms with Gasteiger partial charge in [0.1, 0.15) is 18.0 Å². The van der Waals surface area contributed by atoms with Gasteiger partial charge in [-0.1, -0.05) is 26.8 Å². The Hall–Kier alpha value is -1.73.